The largest absolute Gasteiger partial charge is 0.495 e. The van der Waals surface area contributed by atoms with E-state index < -0.39 is 16.1 Å². The Kier molecular flexibility index (Phi) is 5.16. The van der Waals surface area contributed by atoms with Crippen LogP contribution >= 0.6 is 0 Å². The van der Waals surface area contributed by atoms with Crippen LogP contribution < -0.4 is 15.2 Å². The summed E-state index contributed by atoms with van der Waals surface area (Å²) in [5.41, 5.74) is 6.00. The van der Waals surface area contributed by atoms with Gasteiger partial charge in [0.15, 0.2) is 0 Å². The van der Waals surface area contributed by atoms with Gasteiger partial charge in [0, 0.05) is 17.8 Å². The molecule has 0 saturated heterocycles. The molecule has 0 saturated carbocycles. The van der Waals surface area contributed by atoms with Gasteiger partial charge in [-0.1, -0.05) is 13.8 Å². The van der Waals surface area contributed by atoms with E-state index in [1.165, 1.54) is 25.3 Å². The molecule has 1 aromatic carbocycles. The molecule has 0 radical (unpaired) electrons. The van der Waals surface area contributed by atoms with Crippen molar-refractivity contribution in [3.63, 3.8) is 0 Å². The molecule has 0 amide bonds. The van der Waals surface area contributed by atoms with Crippen molar-refractivity contribution >= 4 is 15.7 Å². The molecule has 1 rings (SSSR count). The van der Waals surface area contributed by atoms with Crippen LogP contribution in [0.15, 0.2) is 23.1 Å². The fourth-order valence-electron chi connectivity index (χ4n) is 1.55. The van der Waals surface area contributed by atoms with Gasteiger partial charge in [0.1, 0.15) is 10.6 Å². The van der Waals surface area contributed by atoms with Gasteiger partial charge in [0.05, 0.1) is 13.7 Å². The van der Waals surface area contributed by atoms with Crippen LogP contribution in [-0.4, -0.2) is 33.3 Å². The zero-order valence-corrected chi connectivity index (χ0v) is 12.1. The molecular formula is C12H20N2O4S. The van der Waals surface area contributed by atoms with Gasteiger partial charge in [-0.3, -0.25) is 0 Å². The molecule has 0 spiro atoms. The van der Waals surface area contributed by atoms with Crippen LogP contribution in [-0.2, 0) is 10.0 Å². The summed E-state index contributed by atoms with van der Waals surface area (Å²) in [7, 11) is -2.39. The highest BCUT2D eigenvalue weighted by atomic mass is 32.2. The minimum Gasteiger partial charge on any atom is -0.495 e. The number of aliphatic hydroxyl groups is 1. The fourth-order valence-corrected chi connectivity index (χ4v) is 3.08. The smallest absolute Gasteiger partial charge is 0.244 e. The first-order valence-electron chi connectivity index (χ1n) is 5.88. The minimum atomic E-state index is -3.77. The van der Waals surface area contributed by atoms with E-state index in [1.807, 2.05) is 13.8 Å². The summed E-state index contributed by atoms with van der Waals surface area (Å²) in [6, 6.07) is 3.76. The standard InChI is InChI=1S/C12H20N2O4S/c1-8(2)10(7-15)14-19(16,17)12-5-4-9(13)6-11(12)18-3/h4-6,8,10,14-15H,7,13H2,1-3H3. The molecule has 4 N–H and O–H groups in total. The van der Waals surface area contributed by atoms with Crippen molar-refractivity contribution in [1.82, 2.24) is 4.72 Å². The number of aliphatic hydroxyl groups excluding tert-OH is 1. The number of hydrogen-bond donors (Lipinski definition) is 3. The van der Waals surface area contributed by atoms with E-state index in [0.717, 1.165) is 0 Å². The quantitative estimate of drug-likeness (QED) is 0.664. The van der Waals surface area contributed by atoms with Crippen LogP contribution in [0.5, 0.6) is 5.75 Å². The molecule has 0 fully saturated rings. The molecule has 0 heterocycles. The molecule has 108 valence electrons. The number of rotatable bonds is 6. The summed E-state index contributed by atoms with van der Waals surface area (Å²) in [6.07, 6.45) is 0. The first-order valence-corrected chi connectivity index (χ1v) is 7.37. The summed E-state index contributed by atoms with van der Waals surface area (Å²) in [4.78, 5) is 0.00306. The predicted molar refractivity (Wildman–Crippen MR) is 73.4 cm³/mol. The number of ether oxygens (including phenoxy) is 1. The van der Waals surface area contributed by atoms with Gasteiger partial charge in [-0.05, 0) is 18.1 Å². The van der Waals surface area contributed by atoms with E-state index in [2.05, 4.69) is 4.72 Å². The Morgan fingerprint density at radius 1 is 1.42 bits per heavy atom. The van der Waals surface area contributed by atoms with Gasteiger partial charge < -0.3 is 15.6 Å². The summed E-state index contributed by atoms with van der Waals surface area (Å²) in [5, 5.41) is 9.20. The number of sulfonamides is 1. The third-order valence-electron chi connectivity index (χ3n) is 2.79. The number of nitrogen functional groups attached to an aromatic ring is 1. The van der Waals surface area contributed by atoms with E-state index in [4.69, 9.17) is 10.5 Å². The van der Waals surface area contributed by atoms with Gasteiger partial charge in [-0.15, -0.1) is 0 Å². The van der Waals surface area contributed by atoms with Crippen molar-refractivity contribution < 1.29 is 18.3 Å². The van der Waals surface area contributed by atoms with Gasteiger partial charge in [-0.2, -0.15) is 0 Å². The third kappa shape index (κ3) is 3.82. The first-order chi connectivity index (χ1) is 8.81. The molecule has 1 unspecified atom stereocenters. The molecular weight excluding hydrogens is 268 g/mol. The minimum absolute atomic E-state index is 0.00306. The zero-order valence-electron chi connectivity index (χ0n) is 11.3. The van der Waals surface area contributed by atoms with Crippen LogP contribution in [0.1, 0.15) is 13.8 Å². The molecule has 7 heteroatoms. The van der Waals surface area contributed by atoms with E-state index in [0.29, 0.717) is 5.69 Å². The Morgan fingerprint density at radius 3 is 2.53 bits per heavy atom. The van der Waals surface area contributed by atoms with Crippen LogP contribution in [0.25, 0.3) is 0 Å². The Labute approximate surface area is 113 Å². The van der Waals surface area contributed by atoms with Crippen LogP contribution in [0.2, 0.25) is 0 Å². The van der Waals surface area contributed by atoms with E-state index in [9.17, 15) is 13.5 Å². The molecule has 0 aliphatic heterocycles. The predicted octanol–water partition coefficient (Wildman–Crippen LogP) is 0.573. The topological polar surface area (TPSA) is 102 Å². The summed E-state index contributed by atoms with van der Waals surface area (Å²) < 4.78 is 32.0. The number of methoxy groups -OCH3 is 1. The molecule has 6 nitrogen and oxygen atoms in total. The number of anilines is 1. The van der Waals surface area contributed by atoms with Crippen molar-refractivity contribution in [2.24, 2.45) is 5.92 Å². The summed E-state index contributed by atoms with van der Waals surface area (Å²) >= 11 is 0. The molecule has 19 heavy (non-hydrogen) atoms. The van der Waals surface area contributed by atoms with Gasteiger partial charge >= 0.3 is 0 Å². The lowest BCUT2D eigenvalue weighted by molar-refractivity contribution is 0.227. The monoisotopic (exact) mass is 288 g/mol. The third-order valence-corrected chi connectivity index (χ3v) is 4.31. The second kappa shape index (κ2) is 6.23. The highest BCUT2D eigenvalue weighted by molar-refractivity contribution is 7.89. The summed E-state index contributed by atoms with van der Waals surface area (Å²) in [5.74, 6) is 0.146. The maximum absolute atomic E-state index is 12.3. The lowest BCUT2D eigenvalue weighted by Gasteiger charge is -2.20. The average Bonchev–Trinajstić information content (AvgIpc) is 2.35. The van der Waals surface area contributed by atoms with Crippen molar-refractivity contribution in [2.45, 2.75) is 24.8 Å². The maximum atomic E-state index is 12.3. The number of nitrogens with one attached hydrogen (secondary N) is 1. The lowest BCUT2D eigenvalue weighted by atomic mass is 10.1. The molecule has 0 aromatic heterocycles. The molecule has 0 aliphatic carbocycles. The van der Waals surface area contributed by atoms with Crippen molar-refractivity contribution in [3.05, 3.63) is 18.2 Å². The Balaban J connectivity index is 3.13. The highest BCUT2D eigenvalue weighted by Gasteiger charge is 2.24. The van der Waals surface area contributed by atoms with Crippen molar-refractivity contribution in [3.8, 4) is 5.75 Å². The van der Waals surface area contributed by atoms with E-state index in [1.54, 1.807) is 0 Å². The first kappa shape index (κ1) is 15.7. The molecule has 0 bridgehead atoms. The molecule has 1 atom stereocenters. The van der Waals surface area contributed by atoms with Gasteiger partial charge in [-0.25, -0.2) is 13.1 Å². The molecule has 1 aromatic rings. The lowest BCUT2D eigenvalue weighted by Crippen LogP contribution is -2.41. The van der Waals surface area contributed by atoms with Gasteiger partial charge in [0.2, 0.25) is 10.0 Å². The Morgan fingerprint density at radius 2 is 2.05 bits per heavy atom. The second-order valence-corrected chi connectivity index (χ2v) is 6.25. The van der Waals surface area contributed by atoms with Crippen LogP contribution in [0.4, 0.5) is 5.69 Å². The maximum Gasteiger partial charge on any atom is 0.244 e. The second-order valence-electron chi connectivity index (χ2n) is 4.56. The van der Waals surface area contributed by atoms with Gasteiger partial charge in [0.25, 0.3) is 0 Å². The number of nitrogens with two attached hydrogens (primary N) is 1. The van der Waals surface area contributed by atoms with E-state index in [-0.39, 0.29) is 23.2 Å². The fraction of sp³-hybridized carbons (Fsp3) is 0.500. The zero-order chi connectivity index (χ0) is 14.6. The van der Waals surface area contributed by atoms with Crippen LogP contribution in [0, 0.1) is 5.92 Å². The Hall–Kier alpha value is -1.31. The van der Waals surface area contributed by atoms with Crippen molar-refractivity contribution in [2.75, 3.05) is 19.5 Å². The summed E-state index contributed by atoms with van der Waals surface area (Å²) in [6.45, 7) is 3.38. The van der Waals surface area contributed by atoms with Crippen LogP contribution in [0.3, 0.4) is 0 Å². The number of hydrogen-bond acceptors (Lipinski definition) is 5. The normalized spacial score (nSPS) is 13.5. The highest BCUT2D eigenvalue weighted by Crippen LogP contribution is 2.26. The van der Waals surface area contributed by atoms with E-state index >= 15 is 0 Å². The molecule has 0 aliphatic rings. The average molecular weight is 288 g/mol. The SMILES string of the molecule is COc1cc(N)ccc1S(=O)(=O)NC(CO)C(C)C. The number of benzene rings is 1. The van der Waals surface area contributed by atoms with Crippen molar-refractivity contribution in [1.29, 1.82) is 0 Å². The Bertz CT molecular complexity index is 529.